The van der Waals surface area contributed by atoms with Crippen molar-refractivity contribution in [2.45, 2.75) is 16.7 Å². The summed E-state index contributed by atoms with van der Waals surface area (Å²) in [4.78, 5) is 25.2. The van der Waals surface area contributed by atoms with E-state index in [2.05, 4.69) is 24.6 Å². The van der Waals surface area contributed by atoms with Crippen LogP contribution in [-0.2, 0) is 34.5 Å². The average Bonchev–Trinajstić information content (AvgIpc) is 3.30. The van der Waals surface area contributed by atoms with E-state index in [1.165, 1.54) is 31.2 Å². The Morgan fingerprint density at radius 3 is 1.72 bits per heavy atom. The van der Waals surface area contributed by atoms with Gasteiger partial charge in [0.1, 0.15) is 10.1 Å². The van der Waals surface area contributed by atoms with E-state index >= 15 is 0 Å². The Bertz CT molecular complexity index is 2180. The van der Waals surface area contributed by atoms with Crippen LogP contribution >= 0.6 is 0 Å². The molecule has 4 rings (SSSR count). The molecule has 0 fully saturated rings. The molecule has 0 saturated heterocycles. The van der Waals surface area contributed by atoms with Crippen LogP contribution in [0.2, 0.25) is 0 Å². The predicted molar refractivity (Wildman–Crippen MR) is 142 cm³/mol. The third kappa shape index (κ3) is 7.57. The molecule has 0 spiro atoms. The second kappa shape index (κ2) is 12.7. The van der Waals surface area contributed by atoms with Crippen LogP contribution in [0.15, 0.2) is 88.4 Å². The Kier molecular flexibility index (Phi) is 10.0. The Morgan fingerprint density at radius 1 is 0.791 bits per heavy atom. The van der Waals surface area contributed by atoms with E-state index in [1.807, 2.05) is 0 Å². The number of sulfone groups is 1. The molecule has 0 bridgehead atoms. The fourth-order valence-corrected chi connectivity index (χ4v) is 5.52. The molecular weight excluding hydrogens is 645 g/mol. The standard InChI is InChI=1S/C21H19N7O11S3.Na/c1-12-17(25-23-14-4-8-16(9-5-14)41(33,34)35)20(29)28-19(22)18(21(30)27(12)28)26-24-13-2-6-15(7-3-13)40(31,32)11-10-39-42(36,37)38;/h2-9H,10-11,22H2,1H3,(H,33,34,35)(H,36,37,38);/q;+1/p-1. The molecule has 222 valence electrons. The number of hydrogen-bond donors (Lipinski definition) is 2. The van der Waals surface area contributed by atoms with Crippen molar-refractivity contribution in [2.24, 2.45) is 20.5 Å². The van der Waals surface area contributed by atoms with E-state index in [0.29, 0.717) is 0 Å². The molecule has 3 N–H and O–H groups in total. The molecule has 22 heteroatoms. The summed E-state index contributed by atoms with van der Waals surface area (Å²) < 4.78 is 93.1. The maximum absolute atomic E-state index is 13.0. The molecule has 0 unspecified atom stereocenters. The molecule has 18 nitrogen and oxygen atoms in total. The van der Waals surface area contributed by atoms with Gasteiger partial charge in [-0.3, -0.25) is 14.1 Å². The van der Waals surface area contributed by atoms with Gasteiger partial charge in [-0.1, -0.05) is 0 Å². The molecule has 0 atom stereocenters. The van der Waals surface area contributed by atoms with Gasteiger partial charge in [0, 0.05) is 0 Å². The molecule has 0 aliphatic rings. The van der Waals surface area contributed by atoms with Gasteiger partial charge in [0.05, 0.1) is 39.2 Å². The van der Waals surface area contributed by atoms with Crippen molar-refractivity contribution in [1.29, 1.82) is 0 Å². The zero-order valence-electron chi connectivity index (χ0n) is 22.0. The van der Waals surface area contributed by atoms with Crippen LogP contribution in [0.5, 0.6) is 0 Å². The number of rotatable bonds is 10. The van der Waals surface area contributed by atoms with E-state index in [-0.39, 0.29) is 63.0 Å². The van der Waals surface area contributed by atoms with E-state index in [1.54, 1.807) is 0 Å². The van der Waals surface area contributed by atoms with Crippen LogP contribution in [0.4, 0.5) is 28.6 Å². The van der Waals surface area contributed by atoms with Crippen molar-refractivity contribution in [3.8, 4) is 0 Å². The summed E-state index contributed by atoms with van der Waals surface area (Å²) in [6, 6.07) is 9.21. The first-order chi connectivity index (χ1) is 19.5. The van der Waals surface area contributed by atoms with Crippen molar-refractivity contribution < 1.29 is 68.1 Å². The predicted octanol–water partition coefficient (Wildman–Crippen LogP) is -1.58. The number of hydrogen-bond acceptors (Lipinski definition) is 15. The number of nitrogens with two attached hydrogens (primary N) is 1. The molecule has 0 amide bonds. The number of nitrogens with zero attached hydrogens (tertiary/aromatic N) is 6. The Morgan fingerprint density at radius 2 is 1.26 bits per heavy atom. The first kappa shape index (κ1) is 34.1. The number of azo groups is 2. The van der Waals surface area contributed by atoms with Crippen LogP contribution in [-0.4, -0.2) is 55.7 Å². The quantitative estimate of drug-likeness (QED) is 0.110. The smallest absolute Gasteiger partial charge is 0.744 e. The van der Waals surface area contributed by atoms with Gasteiger partial charge in [0.15, 0.2) is 27.0 Å². The van der Waals surface area contributed by atoms with Crippen molar-refractivity contribution in [3.63, 3.8) is 0 Å². The van der Waals surface area contributed by atoms with E-state index in [9.17, 15) is 39.4 Å². The number of aromatic nitrogens is 2. The van der Waals surface area contributed by atoms with Gasteiger partial charge >= 0.3 is 51.1 Å². The van der Waals surface area contributed by atoms with Gasteiger partial charge in [0.2, 0.25) is 0 Å². The molecule has 0 aliphatic carbocycles. The molecular formula is C21H18N7NaO11S3. The third-order valence-corrected chi connectivity index (χ3v) is 8.57. The first-order valence-corrected chi connectivity index (χ1v) is 15.7. The third-order valence-electron chi connectivity index (χ3n) is 5.56. The SMILES string of the molecule is Cc1c(N=Nc2ccc(S(=O)(=O)[O-])cc2)c(=O)n2c(N)c(N=Nc3ccc(S(=O)(=O)CCOS(=O)(=O)O)cc3)c(=O)n12.[Na+]. The second-order valence-corrected chi connectivity index (χ2v) is 12.9. The van der Waals surface area contributed by atoms with Crippen LogP contribution in [0, 0.1) is 6.92 Å². The minimum atomic E-state index is -4.80. The Hall–Kier alpha value is -3.41. The molecule has 4 aromatic rings. The number of aryl methyl sites for hydroxylation is 1. The number of nitrogen functional groups attached to an aromatic ring is 1. The molecule has 0 radical (unpaired) electrons. The fourth-order valence-electron chi connectivity index (χ4n) is 3.56. The average molecular weight is 664 g/mol. The zero-order valence-corrected chi connectivity index (χ0v) is 26.5. The van der Waals surface area contributed by atoms with Gasteiger partial charge in [0.25, 0.3) is 0 Å². The fraction of sp³-hybridized carbons (Fsp3) is 0.143. The molecule has 0 saturated carbocycles. The van der Waals surface area contributed by atoms with Crippen LogP contribution < -0.4 is 46.4 Å². The van der Waals surface area contributed by atoms with E-state index < -0.39 is 64.4 Å². The van der Waals surface area contributed by atoms with Crippen molar-refractivity contribution in [3.05, 3.63) is 74.9 Å². The summed E-state index contributed by atoms with van der Waals surface area (Å²) in [7, 11) is -13.4. The van der Waals surface area contributed by atoms with Gasteiger partial charge in [-0.15, -0.1) is 10.2 Å². The zero-order chi connectivity index (χ0) is 31.0. The normalized spacial score (nSPS) is 12.8. The maximum atomic E-state index is 13.0. The summed E-state index contributed by atoms with van der Waals surface area (Å²) in [6.45, 7) is 0.591. The largest absolute Gasteiger partial charge is 1.00 e. The van der Waals surface area contributed by atoms with Crippen molar-refractivity contribution in [2.75, 3.05) is 18.1 Å². The maximum Gasteiger partial charge on any atom is 1.00 e. The summed E-state index contributed by atoms with van der Waals surface area (Å²) in [5, 5.41) is 15.3. The van der Waals surface area contributed by atoms with Gasteiger partial charge < -0.3 is 10.3 Å². The Balaban J connectivity index is 0.00000506. The molecule has 43 heavy (non-hydrogen) atoms. The Labute approximate surface area is 264 Å². The van der Waals surface area contributed by atoms with Gasteiger partial charge in [-0.2, -0.15) is 23.2 Å². The van der Waals surface area contributed by atoms with Crippen LogP contribution in [0.25, 0.3) is 0 Å². The van der Waals surface area contributed by atoms with Gasteiger partial charge in [-0.05, 0) is 55.5 Å². The van der Waals surface area contributed by atoms with Crippen LogP contribution in [0.3, 0.4) is 0 Å². The summed E-state index contributed by atoms with van der Waals surface area (Å²) in [6.07, 6.45) is 0. The second-order valence-electron chi connectivity index (χ2n) is 8.31. The summed E-state index contributed by atoms with van der Waals surface area (Å²) in [5.74, 6) is -1.11. The number of fused-ring (bicyclic) bond motifs is 1. The minimum absolute atomic E-state index is 0. The minimum Gasteiger partial charge on any atom is -0.744 e. The van der Waals surface area contributed by atoms with Crippen molar-refractivity contribution in [1.82, 2.24) is 9.03 Å². The molecule has 0 aliphatic heterocycles. The van der Waals surface area contributed by atoms with E-state index in [0.717, 1.165) is 33.3 Å². The summed E-state index contributed by atoms with van der Waals surface area (Å²) in [5.41, 5.74) is 3.96. The van der Waals surface area contributed by atoms with Crippen molar-refractivity contribution >= 4 is 58.9 Å². The molecule has 2 aromatic heterocycles. The molecule has 2 heterocycles. The number of anilines is 1. The van der Waals surface area contributed by atoms with Gasteiger partial charge in [-0.25, -0.2) is 25.5 Å². The summed E-state index contributed by atoms with van der Waals surface area (Å²) >= 11 is 0. The monoisotopic (exact) mass is 663 g/mol. The molecule has 2 aromatic carbocycles. The topological polar surface area (TPSA) is 273 Å². The first-order valence-electron chi connectivity index (χ1n) is 11.2. The van der Waals surface area contributed by atoms with E-state index in [4.69, 9.17) is 10.3 Å². The number of benzene rings is 2. The van der Waals surface area contributed by atoms with Crippen LogP contribution in [0.1, 0.15) is 5.69 Å².